The Labute approximate surface area is 144 Å². The number of ketones is 2. The normalized spacial score (nSPS) is 13.2. The van der Waals surface area contributed by atoms with E-state index >= 15 is 0 Å². The predicted molar refractivity (Wildman–Crippen MR) is 72.8 cm³/mol. The molecule has 97 valence electrons. The van der Waals surface area contributed by atoms with Crippen molar-refractivity contribution in [1.82, 2.24) is 0 Å². The summed E-state index contributed by atoms with van der Waals surface area (Å²) in [5.74, 6) is -0.348. The Hall–Kier alpha value is -1.12. The van der Waals surface area contributed by atoms with Crippen LogP contribution in [0.15, 0.2) is 24.2 Å². The zero-order chi connectivity index (χ0) is 14.6. The van der Waals surface area contributed by atoms with Crippen molar-refractivity contribution < 1.29 is 43.7 Å². The van der Waals surface area contributed by atoms with Crippen molar-refractivity contribution in [2.24, 2.45) is 0 Å². The number of hydrogen-bond acceptors (Lipinski definition) is 2. The quantitative estimate of drug-likeness (QED) is 0.589. The van der Waals surface area contributed by atoms with Gasteiger partial charge in [0.15, 0.2) is 5.78 Å². The summed E-state index contributed by atoms with van der Waals surface area (Å²) >= 11 is 0. The second kappa shape index (κ2) is 5.34. The van der Waals surface area contributed by atoms with Gasteiger partial charge in [0.05, 0.1) is 0 Å². The Morgan fingerprint density at radius 1 is 1.00 bits per heavy atom. The van der Waals surface area contributed by atoms with Crippen LogP contribution in [-0.4, -0.2) is 11.6 Å². The van der Waals surface area contributed by atoms with Gasteiger partial charge in [0.1, 0.15) is 5.78 Å². The van der Waals surface area contributed by atoms with Gasteiger partial charge >= 0.3 is 0 Å². The van der Waals surface area contributed by atoms with Crippen molar-refractivity contribution in [3.05, 3.63) is 69.3 Å². The topological polar surface area (TPSA) is 34.1 Å². The molecule has 3 heteroatoms. The first-order chi connectivity index (χ1) is 9.43. The number of rotatable bonds is 0. The molecule has 0 heterocycles. The minimum Gasteiger partial charge on any atom is -0.346 e. The summed E-state index contributed by atoms with van der Waals surface area (Å²) in [5.41, 5.74) is 3.73. The fourth-order valence-electron chi connectivity index (χ4n) is 2.56. The molecular weight excluding hydrogens is 325 g/mol. The molecule has 0 aliphatic heterocycles. The van der Waals surface area contributed by atoms with Crippen molar-refractivity contribution in [2.75, 3.05) is 0 Å². The van der Waals surface area contributed by atoms with Crippen molar-refractivity contribution in [3.63, 3.8) is 0 Å². The van der Waals surface area contributed by atoms with Crippen molar-refractivity contribution in [3.8, 4) is 0 Å². The Morgan fingerprint density at radius 3 is 2.40 bits per heavy atom. The fourth-order valence-corrected chi connectivity index (χ4v) is 2.56. The summed E-state index contributed by atoms with van der Waals surface area (Å²) in [5, 5.41) is 0. The van der Waals surface area contributed by atoms with E-state index in [0.717, 1.165) is 5.56 Å². The molecule has 1 aliphatic carbocycles. The van der Waals surface area contributed by atoms with Crippen LogP contribution in [0.1, 0.15) is 49.9 Å². The van der Waals surface area contributed by atoms with Crippen LogP contribution in [0.2, 0.25) is 0 Å². The van der Waals surface area contributed by atoms with Gasteiger partial charge in [-0.3, -0.25) is 4.79 Å². The van der Waals surface area contributed by atoms with E-state index in [1.165, 1.54) is 0 Å². The molecule has 0 unspecified atom stereocenters. The SMILES string of the molecule is [3H]c1[c-]c2c(c(C)c1C)C(=O)c1cccc(C)c1C2=O.[Y]. The number of carbonyl (C=O) groups is 2. The molecule has 3 rings (SSSR count). The molecule has 0 spiro atoms. The number of fused-ring (bicyclic) bond motifs is 2. The van der Waals surface area contributed by atoms with Crippen molar-refractivity contribution >= 4 is 11.6 Å². The summed E-state index contributed by atoms with van der Waals surface area (Å²) in [6.45, 7) is 5.38. The maximum atomic E-state index is 12.7. The first-order valence-electron chi connectivity index (χ1n) is 6.65. The van der Waals surface area contributed by atoms with Crippen LogP contribution in [0, 0.1) is 26.8 Å². The van der Waals surface area contributed by atoms with Gasteiger partial charge in [-0.25, -0.2) is 0 Å². The molecule has 1 aliphatic rings. The summed E-state index contributed by atoms with van der Waals surface area (Å²) < 4.78 is 7.87. The van der Waals surface area contributed by atoms with Gasteiger partial charge in [0, 0.05) is 39.6 Å². The molecule has 0 N–H and O–H groups in total. The standard InChI is InChI=1S/C17H13O2.Y/c1-9-7-8-13-15(11(9)3)17(19)12-6-4-5-10(2)14(12)16(13)18;/h4-7H,1-3H3;/q-1;/i7T;. The molecule has 2 aromatic carbocycles. The smallest absolute Gasteiger partial charge is 0.152 e. The molecule has 0 amide bonds. The Balaban J connectivity index is 0.00000161. The maximum Gasteiger partial charge on any atom is 0.152 e. The second-order valence-corrected chi connectivity index (χ2v) is 4.91. The number of aryl methyl sites for hydroxylation is 1. The second-order valence-electron chi connectivity index (χ2n) is 4.91. The monoisotopic (exact) mass is 340 g/mol. The van der Waals surface area contributed by atoms with Gasteiger partial charge in [0.25, 0.3) is 0 Å². The summed E-state index contributed by atoms with van der Waals surface area (Å²) in [7, 11) is 0. The zero-order valence-electron chi connectivity index (χ0n) is 12.6. The first-order valence-corrected chi connectivity index (χ1v) is 6.15. The van der Waals surface area contributed by atoms with E-state index in [1.807, 2.05) is 13.0 Å². The number of benzene rings is 2. The van der Waals surface area contributed by atoms with E-state index in [1.54, 1.807) is 26.0 Å². The minimum atomic E-state index is -0.204. The third kappa shape index (κ3) is 2.02. The maximum absolute atomic E-state index is 12.7. The summed E-state index contributed by atoms with van der Waals surface area (Å²) in [6, 6.07) is 8.25. The van der Waals surface area contributed by atoms with E-state index in [2.05, 4.69) is 6.07 Å². The predicted octanol–water partition coefficient (Wildman–Crippen LogP) is 3.18. The molecule has 0 saturated heterocycles. The van der Waals surface area contributed by atoms with E-state index in [9.17, 15) is 9.59 Å². The van der Waals surface area contributed by atoms with Crippen LogP contribution in [-0.2, 0) is 32.7 Å². The van der Waals surface area contributed by atoms with Gasteiger partial charge in [-0.1, -0.05) is 43.2 Å². The first kappa shape index (κ1) is 13.8. The third-order valence-corrected chi connectivity index (χ3v) is 3.76. The molecule has 0 saturated carbocycles. The van der Waals surface area contributed by atoms with Gasteiger partial charge in [0.2, 0.25) is 0 Å². The Morgan fingerprint density at radius 2 is 1.70 bits per heavy atom. The van der Waals surface area contributed by atoms with Gasteiger partial charge < -0.3 is 4.79 Å². The Bertz CT molecular complexity index is 792. The van der Waals surface area contributed by atoms with Gasteiger partial charge in [-0.05, 0) is 18.1 Å². The fraction of sp³-hybridized carbons (Fsp3) is 0.176. The average Bonchev–Trinajstić information content (AvgIpc) is 2.41. The van der Waals surface area contributed by atoms with Crippen molar-refractivity contribution in [2.45, 2.75) is 20.8 Å². The Kier molecular flexibility index (Phi) is 3.70. The molecule has 0 atom stereocenters. The molecule has 20 heavy (non-hydrogen) atoms. The van der Waals surface area contributed by atoms with Crippen molar-refractivity contribution in [1.29, 1.82) is 0 Å². The van der Waals surface area contributed by atoms with E-state index in [-0.39, 0.29) is 55.9 Å². The molecular formula is C17H13O2Y-. The molecule has 0 fully saturated rings. The van der Waals surface area contributed by atoms with E-state index < -0.39 is 0 Å². The third-order valence-electron chi connectivity index (χ3n) is 3.76. The summed E-state index contributed by atoms with van der Waals surface area (Å²) in [6.07, 6.45) is 0. The molecule has 1 radical (unpaired) electrons. The number of carbonyl (C=O) groups excluding carboxylic acids is 2. The van der Waals surface area contributed by atoms with Crippen LogP contribution in [0.4, 0.5) is 0 Å². The van der Waals surface area contributed by atoms with Crippen LogP contribution < -0.4 is 0 Å². The zero-order valence-corrected chi connectivity index (χ0v) is 14.5. The van der Waals surface area contributed by atoms with Crippen LogP contribution in [0.5, 0.6) is 0 Å². The number of hydrogen-bond donors (Lipinski definition) is 0. The van der Waals surface area contributed by atoms with Gasteiger partial charge in [-0.15, -0.1) is 23.2 Å². The molecule has 2 aromatic rings. The molecule has 0 aromatic heterocycles. The molecule has 2 nitrogen and oxygen atoms in total. The summed E-state index contributed by atoms with van der Waals surface area (Å²) in [4.78, 5) is 25.3. The van der Waals surface area contributed by atoms with E-state index in [0.29, 0.717) is 27.8 Å². The largest absolute Gasteiger partial charge is 0.346 e. The average molecular weight is 340 g/mol. The van der Waals surface area contributed by atoms with Crippen LogP contribution in [0.3, 0.4) is 0 Å². The minimum absolute atomic E-state index is 0. The van der Waals surface area contributed by atoms with E-state index in [4.69, 9.17) is 1.37 Å². The van der Waals surface area contributed by atoms with Crippen LogP contribution in [0.25, 0.3) is 0 Å². The van der Waals surface area contributed by atoms with Crippen LogP contribution >= 0.6 is 0 Å². The molecule has 0 bridgehead atoms. The van der Waals surface area contributed by atoms with Gasteiger partial charge in [-0.2, -0.15) is 0 Å².